The van der Waals surface area contributed by atoms with Gasteiger partial charge in [0.1, 0.15) is 5.75 Å². The van der Waals surface area contributed by atoms with Crippen LogP contribution in [0.2, 0.25) is 5.02 Å². The highest BCUT2D eigenvalue weighted by atomic mass is 35.5. The van der Waals surface area contributed by atoms with Gasteiger partial charge in [-0.3, -0.25) is 0 Å². The van der Waals surface area contributed by atoms with Gasteiger partial charge in [-0.05, 0) is 29.8 Å². The number of carbonyl (C=O) groups is 1. The van der Waals surface area contributed by atoms with E-state index in [1.807, 2.05) is 0 Å². The highest BCUT2D eigenvalue weighted by Crippen LogP contribution is 2.28. The lowest BCUT2D eigenvalue weighted by molar-refractivity contribution is -0.131. The number of rotatable bonds is 5. The minimum Gasteiger partial charge on any atom is -0.495 e. The largest absolute Gasteiger partial charge is 0.495 e. The third kappa shape index (κ3) is 6.82. The number of hydrogen-bond donors (Lipinski definition) is 2. The first kappa shape index (κ1) is 21.6. The summed E-state index contributed by atoms with van der Waals surface area (Å²) < 4.78 is 22.2. The fraction of sp³-hybridized carbons (Fsp3) is 0.105. The molecule has 0 atom stereocenters. The zero-order valence-corrected chi connectivity index (χ0v) is 15.8. The first-order valence-corrected chi connectivity index (χ1v) is 8.14. The molecule has 1 N–H and O–H groups in total. The van der Waals surface area contributed by atoms with Crippen LogP contribution in [0.4, 0.5) is 4.39 Å². The standard InChI is InChI=1S/C12H11ClO3S.C7H7FO/c1-16-9-6-2-4-8(11(9)13)5-3-7-10(17)12(14)15;1-9-7-5-3-2-4-6(7)8/h2-7,17H,1H3,(H,14,15);2-5H,1H3/b5-3+,10-7-;. The minimum absolute atomic E-state index is 0.0414. The highest BCUT2D eigenvalue weighted by Gasteiger charge is 2.03. The van der Waals surface area contributed by atoms with E-state index in [-0.39, 0.29) is 16.5 Å². The second kappa shape index (κ2) is 11.2. The summed E-state index contributed by atoms with van der Waals surface area (Å²) in [5.41, 5.74) is 0.744. The average molecular weight is 397 g/mol. The molecule has 4 nitrogen and oxygen atoms in total. The highest BCUT2D eigenvalue weighted by molar-refractivity contribution is 7.85. The summed E-state index contributed by atoms with van der Waals surface area (Å²) in [7, 11) is 2.98. The number of benzene rings is 2. The van der Waals surface area contributed by atoms with Gasteiger partial charge in [0.25, 0.3) is 0 Å². The Kier molecular flexibility index (Phi) is 9.33. The molecule has 26 heavy (non-hydrogen) atoms. The van der Waals surface area contributed by atoms with E-state index < -0.39 is 5.97 Å². The van der Waals surface area contributed by atoms with Crippen molar-refractivity contribution in [2.45, 2.75) is 0 Å². The Morgan fingerprint density at radius 2 is 1.73 bits per heavy atom. The van der Waals surface area contributed by atoms with E-state index in [0.717, 1.165) is 5.56 Å². The van der Waals surface area contributed by atoms with Gasteiger partial charge in [0, 0.05) is 0 Å². The third-order valence-corrected chi connectivity index (χ3v) is 3.76. The number of halogens is 2. The van der Waals surface area contributed by atoms with Crippen molar-refractivity contribution in [3.8, 4) is 11.5 Å². The minimum atomic E-state index is -1.07. The molecule has 2 aromatic rings. The summed E-state index contributed by atoms with van der Waals surface area (Å²) in [5, 5.41) is 9.07. The number of para-hydroxylation sites is 1. The maximum atomic E-state index is 12.5. The molecule has 0 aromatic heterocycles. The number of allylic oxidation sites excluding steroid dienone is 2. The molecule has 7 heteroatoms. The zero-order valence-electron chi connectivity index (χ0n) is 14.1. The molecule has 0 fully saturated rings. The van der Waals surface area contributed by atoms with E-state index in [1.54, 1.807) is 48.6 Å². The van der Waals surface area contributed by atoms with Crippen molar-refractivity contribution in [3.05, 3.63) is 75.9 Å². The maximum Gasteiger partial charge on any atom is 0.341 e. The van der Waals surface area contributed by atoms with E-state index >= 15 is 0 Å². The van der Waals surface area contributed by atoms with Crippen LogP contribution in [-0.2, 0) is 4.79 Å². The lowest BCUT2D eigenvalue weighted by Gasteiger charge is -2.04. The summed E-state index contributed by atoms with van der Waals surface area (Å²) in [6, 6.07) is 11.6. The molecule has 0 amide bonds. The number of ether oxygens (including phenoxy) is 2. The molecular formula is C19H18ClFO4S. The first-order valence-electron chi connectivity index (χ1n) is 7.32. The summed E-state index contributed by atoms with van der Waals surface area (Å²) in [6.45, 7) is 0. The molecule has 0 radical (unpaired) electrons. The quantitative estimate of drug-likeness (QED) is 0.419. The predicted molar refractivity (Wildman–Crippen MR) is 105 cm³/mol. The molecule has 0 aliphatic carbocycles. The van der Waals surface area contributed by atoms with Crippen molar-refractivity contribution in [2.24, 2.45) is 0 Å². The number of aliphatic carboxylic acids is 1. The number of carboxylic acids is 1. The van der Waals surface area contributed by atoms with Crippen LogP contribution in [0.1, 0.15) is 5.56 Å². The zero-order chi connectivity index (χ0) is 19.5. The van der Waals surface area contributed by atoms with E-state index in [1.165, 1.54) is 26.4 Å². The SMILES string of the molecule is COc1cccc(/C=C/C=C(\S)C(=O)O)c1Cl.COc1ccccc1F. The van der Waals surface area contributed by atoms with Crippen LogP contribution >= 0.6 is 24.2 Å². The van der Waals surface area contributed by atoms with Crippen molar-refractivity contribution in [3.63, 3.8) is 0 Å². The van der Waals surface area contributed by atoms with Crippen LogP contribution in [0.15, 0.2) is 59.5 Å². The fourth-order valence-electron chi connectivity index (χ4n) is 1.74. The molecule has 0 saturated carbocycles. The molecule has 138 valence electrons. The molecule has 2 aromatic carbocycles. The van der Waals surface area contributed by atoms with Crippen molar-refractivity contribution >= 4 is 36.3 Å². The first-order chi connectivity index (χ1) is 12.4. The van der Waals surface area contributed by atoms with Gasteiger partial charge in [-0.2, -0.15) is 0 Å². The van der Waals surface area contributed by atoms with Gasteiger partial charge in [0.15, 0.2) is 11.6 Å². The summed E-state index contributed by atoms with van der Waals surface area (Å²) in [5.74, 6) is -0.533. The van der Waals surface area contributed by atoms with Gasteiger partial charge >= 0.3 is 5.97 Å². The molecule has 2 rings (SSSR count). The van der Waals surface area contributed by atoms with E-state index in [2.05, 4.69) is 17.4 Å². The third-order valence-electron chi connectivity index (χ3n) is 3.02. The Labute approximate surface area is 161 Å². The Morgan fingerprint density at radius 1 is 1.12 bits per heavy atom. The van der Waals surface area contributed by atoms with Crippen molar-refractivity contribution < 1.29 is 23.8 Å². The number of thiol groups is 1. The fourth-order valence-corrected chi connectivity index (χ4v) is 2.09. The van der Waals surface area contributed by atoms with Crippen LogP contribution in [0.3, 0.4) is 0 Å². The van der Waals surface area contributed by atoms with E-state index in [9.17, 15) is 9.18 Å². The number of carboxylic acid groups (broad SMARTS) is 1. The second-order valence-electron chi connectivity index (χ2n) is 4.71. The van der Waals surface area contributed by atoms with Crippen molar-refractivity contribution in [2.75, 3.05) is 14.2 Å². The lowest BCUT2D eigenvalue weighted by Crippen LogP contribution is -1.92. The molecule has 0 saturated heterocycles. The number of hydrogen-bond acceptors (Lipinski definition) is 4. The number of methoxy groups -OCH3 is 2. The van der Waals surface area contributed by atoms with Gasteiger partial charge < -0.3 is 14.6 Å². The molecular weight excluding hydrogens is 379 g/mol. The van der Waals surface area contributed by atoms with Crippen LogP contribution in [0, 0.1) is 5.82 Å². The van der Waals surface area contributed by atoms with Gasteiger partial charge in [-0.15, -0.1) is 12.6 Å². The van der Waals surface area contributed by atoms with Crippen molar-refractivity contribution in [1.29, 1.82) is 0 Å². The Morgan fingerprint density at radius 3 is 2.27 bits per heavy atom. The Hall–Kier alpha value is -2.44. The molecule has 0 aliphatic rings. The van der Waals surface area contributed by atoms with Crippen LogP contribution < -0.4 is 9.47 Å². The van der Waals surface area contributed by atoms with Crippen LogP contribution in [0.5, 0.6) is 11.5 Å². The molecule has 0 aliphatic heterocycles. The molecule has 0 spiro atoms. The summed E-state index contributed by atoms with van der Waals surface area (Å²) >= 11 is 9.84. The van der Waals surface area contributed by atoms with E-state index in [4.69, 9.17) is 21.4 Å². The normalized spacial score (nSPS) is 10.9. The van der Waals surface area contributed by atoms with Gasteiger partial charge in [-0.25, -0.2) is 9.18 Å². The molecule has 0 bridgehead atoms. The second-order valence-corrected chi connectivity index (χ2v) is 5.57. The topological polar surface area (TPSA) is 55.8 Å². The smallest absolute Gasteiger partial charge is 0.341 e. The van der Waals surface area contributed by atoms with Crippen LogP contribution in [-0.4, -0.2) is 25.3 Å². The average Bonchev–Trinajstić information content (AvgIpc) is 2.64. The molecule has 0 unspecified atom stereocenters. The summed E-state index contributed by atoms with van der Waals surface area (Å²) in [4.78, 5) is 10.4. The van der Waals surface area contributed by atoms with Gasteiger partial charge in [0.05, 0.1) is 24.1 Å². The Balaban J connectivity index is 0.000000314. The van der Waals surface area contributed by atoms with Gasteiger partial charge in [0.2, 0.25) is 0 Å². The van der Waals surface area contributed by atoms with Crippen LogP contribution in [0.25, 0.3) is 6.08 Å². The monoisotopic (exact) mass is 396 g/mol. The predicted octanol–water partition coefficient (Wildman–Crippen LogP) is 5.09. The lowest BCUT2D eigenvalue weighted by atomic mass is 10.2. The molecule has 0 heterocycles. The van der Waals surface area contributed by atoms with Crippen molar-refractivity contribution in [1.82, 2.24) is 0 Å². The van der Waals surface area contributed by atoms with Gasteiger partial charge in [-0.1, -0.05) is 48.0 Å². The maximum absolute atomic E-state index is 12.5. The summed E-state index contributed by atoms with van der Waals surface area (Å²) in [6.07, 6.45) is 4.63. The Bertz CT molecular complexity index is 806. The van der Waals surface area contributed by atoms with E-state index in [0.29, 0.717) is 10.8 Å².